The first-order chi connectivity index (χ1) is 15.2. The minimum Gasteiger partial charge on any atom is -0.375 e. The Hall–Kier alpha value is 0.320. The molecule has 0 rings (SSSR count). The van der Waals surface area contributed by atoms with E-state index in [1.165, 1.54) is 77.0 Å². The molecule has 32 heavy (non-hydrogen) atoms. The molecule has 0 aromatic heterocycles. The molecule has 0 aromatic carbocycles. The number of halogens is 1. The number of nitrogens with zero attached hydrogens (tertiary/aromatic N) is 1. The van der Waals surface area contributed by atoms with Gasteiger partial charge in [0, 0.05) is 6.61 Å². The van der Waals surface area contributed by atoms with Crippen LogP contribution < -0.4 is 0 Å². The minimum atomic E-state index is -4.07. The first-order valence-corrected chi connectivity index (χ1v) is 14.8. The van der Waals surface area contributed by atoms with Crippen LogP contribution in [0.5, 0.6) is 0 Å². The van der Waals surface area contributed by atoms with Gasteiger partial charge in [-0.25, -0.2) is 4.57 Å². The Labute approximate surface area is 203 Å². The van der Waals surface area contributed by atoms with Crippen LogP contribution in [0.1, 0.15) is 96.8 Å². The molecule has 0 radical (unpaired) electrons. The van der Waals surface area contributed by atoms with Gasteiger partial charge in [-0.2, -0.15) is 0 Å². The van der Waals surface area contributed by atoms with E-state index in [-0.39, 0.29) is 19.1 Å². The smallest absolute Gasteiger partial charge is 0.375 e. The summed E-state index contributed by atoms with van der Waals surface area (Å²) in [4.78, 5) is 9.77. The second kappa shape index (κ2) is 20.7. The van der Waals surface area contributed by atoms with Crippen molar-refractivity contribution >= 4 is 19.4 Å². The molecule has 1 unspecified atom stereocenters. The maximum absolute atomic E-state index is 11.9. The van der Waals surface area contributed by atoms with Crippen LogP contribution in [0.25, 0.3) is 0 Å². The molecule has 2 atom stereocenters. The number of quaternary nitrogens is 1. The van der Waals surface area contributed by atoms with Crippen molar-refractivity contribution in [3.05, 3.63) is 0 Å². The maximum Gasteiger partial charge on any atom is 0.472 e. The molecule has 1 N–H and O–H groups in total. The first-order valence-electron chi connectivity index (χ1n) is 12.8. The lowest BCUT2D eigenvalue weighted by molar-refractivity contribution is -0.870. The summed E-state index contributed by atoms with van der Waals surface area (Å²) >= 11 is 5.91. The number of phosphoric ester groups is 1. The van der Waals surface area contributed by atoms with Crippen LogP contribution in [0.2, 0.25) is 0 Å². The second-order valence-electron chi connectivity index (χ2n) is 9.85. The monoisotopic (exact) mass is 500 g/mol. The van der Waals surface area contributed by atoms with E-state index in [1.54, 1.807) is 0 Å². The third-order valence-corrected chi connectivity index (χ3v) is 6.79. The molecule has 0 fully saturated rings. The lowest BCUT2D eigenvalue weighted by atomic mass is 10.0. The van der Waals surface area contributed by atoms with Gasteiger partial charge < -0.3 is 14.1 Å². The Morgan fingerprint density at radius 2 is 1.25 bits per heavy atom. The second-order valence-corrected chi connectivity index (χ2v) is 11.6. The van der Waals surface area contributed by atoms with Gasteiger partial charge in [-0.05, 0) is 6.42 Å². The standard InChI is InChI=1S/C24H51ClNO5P/c1-5-6-7-8-9-10-11-12-13-14-15-16-17-18-20-29-24(22-25)23-31-32(27,28)30-21-19-26(2,3)4/h24H,5-23H2,1-4H3/p+1/t24-/m1/s1. The number of phosphoric acid groups is 1. The van der Waals surface area contributed by atoms with E-state index in [0.717, 1.165) is 12.8 Å². The number of rotatable bonds is 24. The van der Waals surface area contributed by atoms with Crippen LogP contribution in [0.3, 0.4) is 0 Å². The van der Waals surface area contributed by atoms with Gasteiger partial charge in [-0.1, -0.05) is 90.4 Å². The summed E-state index contributed by atoms with van der Waals surface area (Å²) in [5.41, 5.74) is 0. The Morgan fingerprint density at radius 1 is 0.781 bits per heavy atom. The molecule has 6 nitrogen and oxygen atoms in total. The zero-order valence-electron chi connectivity index (χ0n) is 21.4. The van der Waals surface area contributed by atoms with Gasteiger partial charge in [0.25, 0.3) is 0 Å². The minimum absolute atomic E-state index is 0.0414. The van der Waals surface area contributed by atoms with Gasteiger partial charge in [-0.3, -0.25) is 9.05 Å². The maximum atomic E-state index is 11.9. The van der Waals surface area contributed by atoms with Crippen molar-refractivity contribution < 1.29 is 27.7 Å². The summed E-state index contributed by atoms with van der Waals surface area (Å²) in [5.74, 6) is 0.220. The quantitative estimate of drug-likeness (QED) is 0.0673. The number of alkyl halides is 1. The molecule has 0 aliphatic heterocycles. The van der Waals surface area contributed by atoms with Gasteiger partial charge in [-0.15, -0.1) is 11.6 Å². The lowest BCUT2D eigenvalue weighted by Gasteiger charge is -2.24. The van der Waals surface area contributed by atoms with Crippen LogP contribution in [-0.2, 0) is 18.3 Å². The van der Waals surface area contributed by atoms with E-state index in [9.17, 15) is 9.46 Å². The van der Waals surface area contributed by atoms with Crippen molar-refractivity contribution in [3.8, 4) is 0 Å². The van der Waals surface area contributed by atoms with Gasteiger partial charge in [0.2, 0.25) is 0 Å². The molecular formula is C24H52ClNO5P+. The molecule has 0 aliphatic carbocycles. The number of hydrogen-bond acceptors (Lipinski definition) is 4. The Balaban J connectivity index is 3.56. The summed E-state index contributed by atoms with van der Waals surface area (Å²) in [7, 11) is 1.89. The Kier molecular flexibility index (Phi) is 20.9. The van der Waals surface area contributed by atoms with Crippen molar-refractivity contribution in [1.29, 1.82) is 0 Å². The molecule has 0 amide bonds. The molecule has 0 aromatic rings. The molecule has 0 aliphatic rings. The van der Waals surface area contributed by atoms with Crippen molar-refractivity contribution in [3.63, 3.8) is 0 Å². The fourth-order valence-corrected chi connectivity index (χ4v) is 4.25. The first kappa shape index (κ1) is 32.3. The zero-order valence-corrected chi connectivity index (χ0v) is 23.0. The van der Waals surface area contributed by atoms with E-state index in [0.29, 0.717) is 17.6 Å². The highest BCUT2D eigenvalue weighted by Crippen LogP contribution is 2.43. The average Bonchev–Trinajstić information content (AvgIpc) is 2.72. The van der Waals surface area contributed by atoms with E-state index in [2.05, 4.69) is 6.92 Å². The Morgan fingerprint density at radius 3 is 1.69 bits per heavy atom. The highest BCUT2D eigenvalue weighted by molar-refractivity contribution is 7.47. The summed E-state index contributed by atoms with van der Waals surface area (Å²) in [5, 5.41) is 0. The number of likely N-dealkylation sites (N-methyl/N-ethyl adjacent to an activating group) is 1. The van der Waals surface area contributed by atoms with Crippen molar-refractivity contribution in [2.45, 2.75) is 103 Å². The van der Waals surface area contributed by atoms with Crippen LogP contribution in [0.15, 0.2) is 0 Å². The third-order valence-electron chi connectivity index (χ3n) is 5.46. The van der Waals surface area contributed by atoms with Gasteiger partial charge in [0.05, 0.1) is 39.7 Å². The van der Waals surface area contributed by atoms with Crippen LogP contribution in [0, 0.1) is 0 Å². The van der Waals surface area contributed by atoms with Crippen molar-refractivity contribution in [2.75, 3.05) is 53.4 Å². The van der Waals surface area contributed by atoms with Gasteiger partial charge >= 0.3 is 7.82 Å². The Bertz CT molecular complexity index is 462. The molecule has 0 saturated heterocycles. The molecule has 0 saturated carbocycles. The fourth-order valence-electron chi connectivity index (χ4n) is 3.33. The molecule has 0 heterocycles. The molecule has 194 valence electrons. The van der Waals surface area contributed by atoms with E-state index < -0.39 is 13.9 Å². The average molecular weight is 501 g/mol. The zero-order chi connectivity index (χ0) is 24.1. The fraction of sp³-hybridized carbons (Fsp3) is 1.00. The number of hydrogen-bond donors (Lipinski definition) is 1. The molecule has 0 spiro atoms. The van der Waals surface area contributed by atoms with E-state index in [4.69, 9.17) is 25.4 Å². The normalized spacial score (nSPS) is 15.1. The summed E-state index contributed by atoms with van der Waals surface area (Å²) in [6.07, 6.45) is 18.0. The summed E-state index contributed by atoms with van der Waals surface area (Å²) in [6.45, 7) is 3.59. The predicted octanol–water partition coefficient (Wildman–Crippen LogP) is 6.93. The SMILES string of the molecule is CCCCCCCCCCCCCCCCO[C@H](CCl)COP(=O)(O)OCC[N+](C)(C)C. The number of ether oxygens (including phenoxy) is 1. The van der Waals surface area contributed by atoms with Crippen LogP contribution >= 0.6 is 19.4 Å². The summed E-state index contributed by atoms with van der Waals surface area (Å²) < 4.78 is 28.3. The van der Waals surface area contributed by atoms with Gasteiger partial charge in [0.1, 0.15) is 13.2 Å². The molecular weight excluding hydrogens is 449 g/mol. The molecule has 0 bridgehead atoms. The largest absolute Gasteiger partial charge is 0.472 e. The van der Waals surface area contributed by atoms with Crippen molar-refractivity contribution in [1.82, 2.24) is 0 Å². The third kappa shape index (κ3) is 23.5. The highest BCUT2D eigenvalue weighted by atomic mass is 35.5. The summed E-state index contributed by atoms with van der Waals surface area (Å²) in [6, 6.07) is 0. The van der Waals surface area contributed by atoms with Gasteiger partial charge in [0.15, 0.2) is 0 Å². The lowest BCUT2D eigenvalue weighted by Crippen LogP contribution is -2.37. The topological polar surface area (TPSA) is 65.0 Å². The van der Waals surface area contributed by atoms with Crippen molar-refractivity contribution in [2.24, 2.45) is 0 Å². The van der Waals surface area contributed by atoms with Crippen LogP contribution in [0.4, 0.5) is 0 Å². The predicted molar refractivity (Wildman–Crippen MR) is 135 cm³/mol. The van der Waals surface area contributed by atoms with E-state index >= 15 is 0 Å². The molecule has 8 heteroatoms. The number of unbranched alkanes of at least 4 members (excludes halogenated alkanes) is 13. The highest BCUT2D eigenvalue weighted by Gasteiger charge is 2.24. The van der Waals surface area contributed by atoms with Crippen LogP contribution in [-0.4, -0.2) is 68.9 Å². The van der Waals surface area contributed by atoms with E-state index in [1.807, 2.05) is 21.1 Å².